The number of benzene rings is 3. The summed E-state index contributed by atoms with van der Waals surface area (Å²) in [5, 5.41) is 14.3. The van der Waals surface area contributed by atoms with Crippen molar-refractivity contribution in [2.24, 2.45) is 0 Å². The maximum atomic E-state index is 12.4. The third-order valence-corrected chi connectivity index (χ3v) is 4.42. The van der Waals surface area contributed by atoms with Gasteiger partial charge in [0.05, 0.1) is 30.3 Å². The van der Waals surface area contributed by atoms with Crippen LogP contribution in [0.4, 0.5) is 5.69 Å². The summed E-state index contributed by atoms with van der Waals surface area (Å²) in [5.74, 6) is 0.282. The molecule has 0 aliphatic rings. The molecule has 0 unspecified atom stereocenters. The van der Waals surface area contributed by atoms with Gasteiger partial charge in [-0.05, 0) is 48.9 Å². The van der Waals surface area contributed by atoms with Crippen molar-refractivity contribution in [2.75, 3.05) is 18.5 Å². The van der Waals surface area contributed by atoms with Crippen molar-refractivity contribution in [3.8, 4) is 17.6 Å². The highest BCUT2D eigenvalue weighted by molar-refractivity contribution is 6.00. The number of rotatable bonds is 9. The average Bonchev–Trinajstić information content (AvgIpc) is 2.82. The van der Waals surface area contributed by atoms with Crippen molar-refractivity contribution in [1.82, 2.24) is 5.32 Å². The number of hydrogen-bond acceptors (Lipinski definition) is 5. The zero-order valence-electron chi connectivity index (χ0n) is 17.6. The second-order valence-electron chi connectivity index (χ2n) is 6.79. The van der Waals surface area contributed by atoms with E-state index in [1.165, 1.54) is 0 Å². The molecular formula is C25H23N3O4. The SMILES string of the molecule is CCOc1ccccc1C(=O)NCC(=O)Nc1cccc(OCc2cccc(C#N)c2)c1. The van der Waals surface area contributed by atoms with Gasteiger partial charge >= 0.3 is 0 Å². The standard InChI is InChI=1S/C25H23N3O4/c1-2-31-23-12-4-3-11-22(23)25(30)27-16-24(29)28-20-9-6-10-21(14-20)32-17-19-8-5-7-18(13-19)15-26/h3-14H,2,16-17H2,1H3,(H,27,30)(H,28,29). The number of nitrogens with one attached hydrogen (secondary N) is 2. The minimum atomic E-state index is -0.388. The monoisotopic (exact) mass is 429 g/mol. The van der Waals surface area contributed by atoms with Gasteiger partial charge in [-0.25, -0.2) is 0 Å². The summed E-state index contributed by atoms with van der Waals surface area (Å²) in [4.78, 5) is 24.7. The Morgan fingerprint density at radius 1 is 0.969 bits per heavy atom. The molecule has 0 heterocycles. The number of hydrogen-bond donors (Lipinski definition) is 2. The molecule has 0 fully saturated rings. The first-order valence-electron chi connectivity index (χ1n) is 10.1. The summed E-state index contributed by atoms with van der Waals surface area (Å²) >= 11 is 0. The molecule has 0 saturated carbocycles. The van der Waals surface area contributed by atoms with Gasteiger partial charge in [-0.15, -0.1) is 0 Å². The number of anilines is 1. The Kier molecular flexibility index (Phi) is 7.82. The van der Waals surface area contributed by atoms with Gasteiger partial charge < -0.3 is 20.1 Å². The van der Waals surface area contributed by atoms with Gasteiger partial charge in [0.15, 0.2) is 0 Å². The molecule has 0 aliphatic carbocycles. The van der Waals surface area contributed by atoms with Crippen LogP contribution in [0.3, 0.4) is 0 Å². The third-order valence-electron chi connectivity index (χ3n) is 4.42. The van der Waals surface area contributed by atoms with Crippen LogP contribution in [0.25, 0.3) is 0 Å². The first-order valence-corrected chi connectivity index (χ1v) is 10.1. The number of carbonyl (C=O) groups excluding carboxylic acids is 2. The van der Waals surface area contributed by atoms with Crippen molar-refractivity contribution in [1.29, 1.82) is 5.26 Å². The molecule has 0 spiro atoms. The summed E-state index contributed by atoms with van der Waals surface area (Å²) in [6.07, 6.45) is 0. The minimum Gasteiger partial charge on any atom is -0.493 e. The van der Waals surface area contributed by atoms with E-state index in [2.05, 4.69) is 16.7 Å². The van der Waals surface area contributed by atoms with Crippen LogP contribution in [-0.4, -0.2) is 25.0 Å². The van der Waals surface area contributed by atoms with Gasteiger partial charge in [-0.1, -0.05) is 30.3 Å². The van der Waals surface area contributed by atoms with E-state index < -0.39 is 0 Å². The number of nitrogens with zero attached hydrogens (tertiary/aromatic N) is 1. The van der Waals surface area contributed by atoms with E-state index >= 15 is 0 Å². The average molecular weight is 429 g/mol. The van der Waals surface area contributed by atoms with Gasteiger partial charge in [0.2, 0.25) is 5.91 Å². The molecule has 7 nitrogen and oxygen atoms in total. The van der Waals surface area contributed by atoms with Crippen LogP contribution in [0.2, 0.25) is 0 Å². The minimum absolute atomic E-state index is 0.189. The number of nitriles is 1. The summed E-state index contributed by atoms with van der Waals surface area (Å²) in [6.45, 7) is 2.38. The van der Waals surface area contributed by atoms with Gasteiger partial charge in [0.1, 0.15) is 18.1 Å². The van der Waals surface area contributed by atoms with E-state index in [0.717, 1.165) is 5.56 Å². The highest BCUT2D eigenvalue weighted by Gasteiger charge is 2.13. The highest BCUT2D eigenvalue weighted by Crippen LogP contribution is 2.19. The molecule has 2 N–H and O–H groups in total. The summed E-state index contributed by atoms with van der Waals surface area (Å²) in [6, 6.07) is 23.1. The van der Waals surface area contributed by atoms with Crippen LogP contribution in [0.15, 0.2) is 72.8 Å². The zero-order chi connectivity index (χ0) is 22.8. The molecule has 162 valence electrons. The second kappa shape index (κ2) is 11.2. The normalized spacial score (nSPS) is 10.0. The second-order valence-corrected chi connectivity index (χ2v) is 6.79. The van der Waals surface area contributed by atoms with Gasteiger partial charge in [0, 0.05) is 11.8 Å². The number of amides is 2. The zero-order valence-corrected chi connectivity index (χ0v) is 17.6. The molecule has 0 aliphatic heterocycles. The van der Waals surface area contributed by atoms with Gasteiger partial charge in [-0.3, -0.25) is 9.59 Å². The molecule has 0 atom stereocenters. The summed E-state index contributed by atoms with van der Waals surface area (Å²) < 4.78 is 11.2. The Labute approximate surface area is 186 Å². The Balaban J connectivity index is 1.53. The summed E-state index contributed by atoms with van der Waals surface area (Å²) in [5.41, 5.74) is 2.35. The fourth-order valence-corrected chi connectivity index (χ4v) is 2.96. The van der Waals surface area contributed by atoms with Crippen molar-refractivity contribution < 1.29 is 19.1 Å². The smallest absolute Gasteiger partial charge is 0.255 e. The number of para-hydroxylation sites is 1. The Morgan fingerprint density at radius 3 is 2.59 bits per heavy atom. The molecule has 0 saturated heterocycles. The Hall–Kier alpha value is -4.31. The van der Waals surface area contributed by atoms with Crippen molar-refractivity contribution in [2.45, 2.75) is 13.5 Å². The van der Waals surface area contributed by atoms with E-state index in [1.807, 2.05) is 13.0 Å². The lowest BCUT2D eigenvalue weighted by Crippen LogP contribution is -2.33. The van der Waals surface area contributed by atoms with E-state index in [4.69, 9.17) is 14.7 Å². The van der Waals surface area contributed by atoms with Crippen molar-refractivity contribution in [3.05, 3.63) is 89.5 Å². The lowest BCUT2D eigenvalue weighted by atomic mass is 10.1. The van der Waals surface area contributed by atoms with Crippen molar-refractivity contribution in [3.63, 3.8) is 0 Å². The maximum Gasteiger partial charge on any atom is 0.255 e. The molecule has 7 heteroatoms. The first kappa shape index (κ1) is 22.4. The largest absolute Gasteiger partial charge is 0.493 e. The molecular weight excluding hydrogens is 406 g/mol. The molecule has 3 aromatic carbocycles. The fourth-order valence-electron chi connectivity index (χ4n) is 2.96. The fraction of sp³-hybridized carbons (Fsp3) is 0.160. The van der Waals surface area contributed by atoms with E-state index in [9.17, 15) is 9.59 Å². The van der Waals surface area contributed by atoms with Crippen molar-refractivity contribution >= 4 is 17.5 Å². The van der Waals surface area contributed by atoms with E-state index in [1.54, 1.807) is 66.7 Å². The van der Waals surface area contributed by atoms with Crippen LogP contribution < -0.4 is 20.1 Å². The van der Waals surface area contributed by atoms with Crippen LogP contribution in [0.5, 0.6) is 11.5 Å². The molecule has 0 aromatic heterocycles. The third kappa shape index (κ3) is 6.34. The predicted molar refractivity (Wildman–Crippen MR) is 121 cm³/mol. The quantitative estimate of drug-likeness (QED) is 0.537. The van der Waals surface area contributed by atoms with Crippen LogP contribution in [0, 0.1) is 11.3 Å². The first-order chi connectivity index (χ1) is 15.6. The van der Waals surface area contributed by atoms with Crippen LogP contribution >= 0.6 is 0 Å². The highest BCUT2D eigenvalue weighted by atomic mass is 16.5. The van der Waals surface area contributed by atoms with E-state index in [-0.39, 0.29) is 18.4 Å². The maximum absolute atomic E-state index is 12.4. The molecule has 0 bridgehead atoms. The molecule has 0 radical (unpaired) electrons. The predicted octanol–water partition coefficient (Wildman–Crippen LogP) is 3.90. The Morgan fingerprint density at radius 2 is 1.78 bits per heavy atom. The van der Waals surface area contributed by atoms with E-state index in [0.29, 0.717) is 41.5 Å². The molecule has 2 amide bonds. The van der Waals surface area contributed by atoms with Gasteiger partial charge in [0.25, 0.3) is 5.91 Å². The molecule has 3 aromatic rings. The van der Waals surface area contributed by atoms with Crippen LogP contribution in [-0.2, 0) is 11.4 Å². The number of ether oxygens (including phenoxy) is 2. The van der Waals surface area contributed by atoms with Crippen LogP contribution in [0.1, 0.15) is 28.4 Å². The topological polar surface area (TPSA) is 100 Å². The van der Waals surface area contributed by atoms with Gasteiger partial charge in [-0.2, -0.15) is 5.26 Å². The number of carbonyl (C=O) groups is 2. The molecule has 3 rings (SSSR count). The summed E-state index contributed by atoms with van der Waals surface area (Å²) in [7, 11) is 0. The lowest BCUT2D eigenvalue weighted by Gasteiger charge is -2.11. The molecule has 32 heavy (non-hydrogen) atoms. The lowest BCUT2D eigenvalue weighted by molar-refractivity contribution is -0.115. The Bertz CT molecular complexity index is 1140.